The third-order valence-electron chi connectivity index (χ3n) is 3.66. The van der Waals surface area contributed by atoms with E-state index in [4.69, 9.17) is 14.2 Å². The van der Waals surface area contributed by atoms with E-state index in [9.17, 15) is 9.59 Å². The van der Waals surface area contributed by atoms with Gasteiger partial charge in [-0.2, -0.15) is 0 Å². The van der Waals surface area contributed by atoms with Crippen LogP contribution in [0.5, 0.6) is 11.5 Å². The average molecular weight is 354 g/mol. The summed E-state index contributed by atoms with van der Waals surface area (Å²) in [5.74, 6) is -0.288. The zero-order chi connectivity index (χ0) is 18.9. The van der Waals surface area contributed by atoms with Crippen LogP contribution in [0, 0.1) is 0 Å². The Morgan fingerprint density at radius 2 is 1.73 bits per heavy atom. The van der Waals surface area contributed by atoms with Gasteiger partial charge in [0.05, 0.1) is 26.4 Å². The molecule has 0 spiro atoms. The Morgan fingerprint density at radius 3 is 2.35 bits per heavy atom. The first-order chi connectivity index (χ1) is 12.6. The van der Waals surface area contributed by atoms with Crippen LogP contribution >= 0.6 is 0 Å². The number of benzene rings is 2. The van der Waals surface area contributed by atoms with Crippen molar-refractivity contribution in [1.29, 1.82) is 0 Å². The van der Waals surface area contributed by atoms with Gasteiger partial charge in [0.1, 0.15) is 17.1 Å². The number of hydrogen-bond donors (Lipinski definition) is 0. The maximum atomic E-state index is 13.1. The second kappa shape index (κ2) is 9.42. The van der Waals surface area contributed by atoms with Crippen LogP contribution in [0.4, 0.5) is 0 Å². The predicted octanol–water partition coefficient (Wildman–Crippen LogP) is 3.92. The summed E-state index contributed by atoms with van der Waals surface area (Å²) in [6, 6.07) is 14.0. The molecule has 0 N–H and O–H groups in total. The van der Waals surface area contributed by atoms with E-state index in [1.54, 1.807) is 18.2 Å². The van der Waals surface area contributed by atoms with Crippen molar-refractivity contribution in [3.63, 3.8) is 0 Å². The highest BCUT2D eigenvalue weighted by Gasteiger charge is 2.24. The fourth-order valence-corrected chi connectivity index (χ4v) is 2.34. The Bertz CT molecular complexity index is 793. The molecule has 0 aliphatic carbocycles. The summed E-state index contributed by atoms with van der Waals surface area (Å²) in [5, 5.41) is 0. The lowest BCUT2D eigenvalue weighted by molar-refractivity contribution is -0.138. The Labute approximate surface area is 153 Å². The molecule has 0 atom stereocenters. The fraction of sp³-hybridized carbons (Fsp3) is 0.238. The van der Waals surface area contributed by atoms with Crippen molar-refractivity contribution in [3.8, 4) is 11.5 Å². The lowest BCUT2D eigenvalue weighted by Gasteiger charge is -2.12. The molecule has 0 bridgehead atoms. The smallest absolute Gasteiger partial charge is 0.342 e. The molecule has 2 rings (SSSR count). The van der Waals surface area contributed by atoms with Crippen LogP contribution in [-0.2, 0) is 9.53 Å². The minimum absolute atomic E-state index is 0.0591. The van der Waals surface area contributed by atoms with Crippen LogP contribution in [0.3, 0.4) is 0 Å². The monoisotopic (exact) mass is 354 g/mol. The number of carbonyl (C=O) groups excluding carboxylic acids is 2. The molecule has 0 saturated carbocycles. The Hall–Kier alpha value is -3.08. The molecule has 26 heavy (non-hydrogen) atoms. The maximum absolute atomic E-state index is 13.1. The van der Waals surface area contributed by atoms with Gasteiger partial charge >= 0.3 is 5.97 Å². The summed E-state index contributed by atoms with van der Waals surface area (Å²) >= 11 is 0. The van der Waals surface area contributed by atoms with Gasteiger partial charge in [0.2, 0.25) is 5.78 Å². The third-order valence-corrected chi connectivity index (χ3v) is 3.66. The maximum Gasteiger partial charge on any atom is 0.342 e. The molecule has 0 aliphatic rings. The number of ether oxygens (including phenoxy) is 3. The molecule has 2 aromatic rings. The molecule has 0 saturated heterocycles. The number of methoxy groups -OCH3 is 2. The Balaban J connectivity index is 2.49. The molecule has 5 nitrogen and oxygen atoms in total. The minimum atomic E-state index is -0.662. The summed E-state index contributed by atoms with van der Waals surface area (Å²) in [4.78, 5) is 25.6. The molecule has 5 heteroatoms. The number of hydrogen-bond acceptors (Lipinski definition) is 5. The molecule has 0 radical (unpaired) electrons. The average Bonchev–Trinajstić information content (AvgIpc) is 2.69. The van der Waals surface area contributed by atoms with Crippen molar-refractivity contribution in [1.82, 2.24) is 0 Å². The normalized spacial score (nSPS) is 11.0. The first kappa shape index (κ1) is 19.2. The van der Waals surface area contributed by atoms with Gasteiger partial charge in [-0.05, 0) is 36.3 Å². The van der Waals surface area contributed by atoms with E-state index < -0.39 is 11.8 Å². The SMILES string of the molecule is CCCOC(=O)C(=Cc1ccccc1)C(=O)c1cc(OC)ccc1OC. The molecule has 0 amide bonds. The molecular formula is C21H22O5. The van der Waals surface area contributed by atoms with Crippen molar-refractivity contribution in [3.05, 3.63) is 65.2 Å². The first-order valence-corrected chi connectivity index (χ1v) is 8.31. The molecule has 0 aliphatic heterocycles. The molecule has 0 fully saturated rings. The van der Waals surface area contributed by atoms with Gasteiger partial charge in [0.15, 0.2) is 0 Å². The van der Waals surface area contributed by atoms with Gasteiger partial charge < -0.3 is 14.2 Å². The number of ketones is 1. The van der Waals surface area contributed by atoms with Crippen molar-refractivity contribution < 1.29 is 23.8 Å². The van der Waals surface area contributed by atoms with Gasteiger partial charge in [0.25, 0.3) is 0 Å². The molecule has 0 aromatic heterocycles. The van der Waals surface area contributed by atoms with Gasteiger partial charge in [0, 0.05) is 0 Å². The lowest BCUT2D eigenvalue weighted by atomic mass is 9.99. The van der Waals surface area contributed by atoms with E-state index in [1.165, 1.54) is 20.3 Å². The van der Waals surface area contributed by atoms with Gasteiger partial charge in [-0.25, -0.2) is 4.79 Å². The van der Waals surface area contributed by atoms with Gasteiger partial charge in [-0.3, -0.25) is 4.79 Å². The van der Waals surface area contributed by atoms with Crippen LogP contribution in [-0.4, -0.2) is 32.6 Å². The number of esters is 1. The largest absolute Gasteiger partial charge is 0.497 e. The zero-order valence-electron chi connectivity index (χ0n) is 15.2. The fourth-order valence-electron chi connectivity index (χ4n) is 2.34. The van der Waals surface area contributed by atoms with Crippen LogP contribution < -0.4 is 9.47 Å². The van der Waals surface area contributed by atoms with Crippen molar-refractivity contribution in [2.75, 3.05) is 20.8 Å². The van der Waals surface area contributed by atoms with Crippen molar-refractivity contribution >= 4 is 17.8 Å². The summed E-state index contributed by atoms with van der Waals surface area (Å²) in [7, 11) is 2.97. The predicted molar refractivity (Wildman–Crippen MR) is 99.5 cm³/mol. The van der Waals surface area contributed by atoms with Crippen LogP contribution in [0.25, 0.3) is 6.08 Å². The van der Waals surface area contributed by atoms with E-state index in [-0.39, 0.29) is 17.7 Å². The van der Waals surface area contributed by atoms with E-state index in [0.29, 0.717) is 17.9 Å². The van der Waals surface area contributed by atoms with Crippen LogP contribution in [0.15, 0.2) is 54.1 Å². The number of carbonyl (C=O) groups is 2. The molecular weight excluding hydrogens is 332 g/mol. The highest BCUT2D eigenvalue weighted by atomic mass is 16.5. The van der Waals surface area contributed by atoms with E-state index in [0.717, 1.165) is 5.56 Å². The van der Waals surface area contributed by atoms with Crippen molar-refractivity contribution in [2.24, 2.45) is 0 Å². The first-order valence-electron chi connectivity index (χ1n) is 8.31. The van der Waals surface area contributed by atoms with Crippen molar-refractivity contribution in [2.45, 2.75) is 13.3 Å². The quantitative estimate of drug-likeness (QED) is 0.236. The van der Waals surface area contributed by atoms with E-state index >= 15 is 0 Å². The van der Waals surface area contributed by atoms with E-state index in [2.05, 4.69) is 0 Å². The third kappa shape index (κ3) is 4.72. The Kier molecular flexibility index (Phi) is 6.97. The molecule has 0 heterocycles. The topological polar surface area (TPSA) is 61.8 Å². The zero-order valence-corrected chi connectivity index (χ0v) is 15.2. The number of rotatable bonds is 8. The second-order valence-electron chi connectivity index (χ2n) is 5.50. The summed E-state index contributed by atoms with van der Waals surface area (Å²) in [5.41, 5.74) is 0.907. The molecule has 0 unspecified atom stereocenters. The summed E-state index contributed by atoms with van der Waals surface area (Å²) in [6.07, 6.45) is 2.19. The second-order valence-corrected chi connectivity index (χ2v) is 5.50. The summed E-state index contributed by atoms with van der Waals surface area (Å²) in [6.45, 7) is 2.13. The Morgan fingerprint density at radius 1 is 1.00 bits per heavy atom. The molecule has 2 aromatic carbocycles. The summed E-state index contributed by atoms with van der Waals surface area (Å²) < 4.78 is 15.7. The lowest BCUT2D eigenvalue weighted by Crippen LogP contribution is -2.17. The highest BCUT2D eigenvalue weighted by molar-refractivity contribution is 6.27. The number of Topliss-reactive ketones (excluding diaryl/α,β-unsaturated/α-hetero) is 1. The van der Waals surface area contributed by atoms with Crippen LogP contribution in [0.2, 0.25) is 0 Å². The van der Waals surface area contributed by atoms with Gasteiger partial charge in [-0.1, -0.05) is 37.3 Å². The minimum Gasteiger partial charge on any atom is -0.497 e. The van der Waals surface area contributed by atoms with Gasteiger partial charge in [-0.15, -0.1) is 0 Å². The standard InChI is InChI=1S/C21H22O5/c1-4-12-26-21(23)18(13-15-8-6-5-7-9-15)20(22)17-14-16(24-2)10-11-19(17)25-3/h5-11,13-14H,4,12H2,1-3H3. The van der Waals surface area contributed by atoms with Crippen LogP contribution in [0.1, 0.15) is 29.3 Å². The highest BCUT2D eigenvalue weighted by Crippen LogP contribution is 2.27. The molecule has 136 valence electrons. The van der Waals surface area contributed by atoms with E-state index in [1.807, 2.05) is 37.3 Å².